The maximum atomic E-state index is 12.0. The molecule has 5 heteroatoms. The highest BCUT2D eigenvalue weighted by molar-refractivity contribution is 6.32. The molecule has 1 aromatic heterocycles. The summed E-state index contributed by atoms with van der Waals surface area (Å²) < 4.78 is 6.45. The molecule has 0 radical (unpaired) electrons. The van der Waals surface area contributed by atoms with Gasteiger partial charge in [0.25, 0.3) is 5.56 Å². The number of ether oxygens (including phenoxy) is 1. The largest absolute Gasteiger partial charge is 0.489 e. The molecule has 2 aliphatic rings. The van der Waals surface area contributed by atoms with E-state index in [1.165, 1.54) is 5.56 Å². The van der Waals surface area contributed by atoms with E-state index in [1.807, 2.05) is 12.1 Å². The predicted molar refractivity (Wildman–Crippen MR) is 121 cm³/mol. The highest BCUT2D eigenvalue weighted by Gasteiger charge is 2.58. The normalized spacial score (nSPS) is 28.7. The molecule has 0 aliphatic heterocycles. The molecule has 0 saturated heterocycles. The second kappa shape index (κ2) is 7.44. The lowest BCUT2D eigenvalue weighted by atomic mass is 9.63. The second-order valence-corrected chi connectivity index (χ2v) is 9.29. The van der Waals surface area contributed by atoms with Crippen molar-refractivity contribution in [1.82, 2.24) is 4.98 Å². The van der Waals surface area contributed by atoms with Gasteiger partial charge in [-0.05, 0) is 66.7 Å². The molecule has 5 rings (SSSR count). The van der Waals surface area contributed by atoms with Crippen LogP contribution in [-0.4, -0.2) is 17.1 Å². The Labute approximate surface area is 181 Å². The Balaban J connectivity index is 1.43. The van der Waals surface area contributed by atoms with E-state index >= 15 is 0 Å². The Morgan fingerprint density at radius 2 is 2.03 bits per heavy atom. The van der Waals surface area contributed by atoms with Crippen LogP contribution in [0.5, 0.6) is 5.75 Å². The van der Waals surface area contributed by atoms with Crippen LogP contribution in [0.2, 0.25) is 5.02 Å². The SMILES string of the molecule is CCC(N)[C@]1(c2ccccc2)C[C@H]2C[C@H]1CC2Oc1cc2cc[nH]c(=O)c2cc1Cl. The van der Waals surface area contributed by atoms with Crippen molar-refractivity contribution in [3.8, 4) is 5.75 Å². The summed E-state index contributed by atoms with van der Waals surface area (Å²) in [6, 6.07) is 16.4. The first kappa shape index (κ1) is 19.7. The van der Waals surface area contributed by atoms with Crippen LogP contribution in [0.25, 0.3) is 10.8 Å². The Morgan fingerprint density at radius 3 is 2.73 bits per heavy atom. The molecule has 2 saturated carbocycles. The number of nitrogens with one attached hydrogen (secondary N) is 1. The van der Waals surface area contributed by atoms with Crippen molar-refractivity contribution in [3.63, 3.8) is 0 Å². The minimum absolute atomic E-state index is 0.0288. The number of hydrogen-bond acceptors (Lipinski definition) is 3. The lowest BCUT2D eigenvalue weighted by molar-refractivity contribution is 0.0924. The van der Waals surface area contributed by atoms with E-state index < -0.39 is 0 Å². The van der Waals surface area contributed by atoms with Gasteiger partial charge in [0.15, 0.2) is 0 Å². The van der Waals surface area contributed by atoms with Crippen LogP contribution < -0.4 is 16.0 Å². The van der Waals surface area contributed by atoms with Gasteiger partial charge < -0.3 is 15.5 Å². The van der Waals surface area contributed by atoms with Gasteiger partial charge in [-0.3, -0.25) is 4.79 Å². The molecule has 4 nitrogen and oxygen atoms in total. The van der Waals surface area contributed by atoms with Crippen molar-refractivity contribution in [3.05, 3.63) is 75.7 Å². The molecule has 3 aromatic rings. The van der Waals surface area contributed by atoms with Crippen molar-refractivity contribution in [2.75, 3.05) is 0 Å². The van der Waals surface area contributed by atoms with Crippen molar-refractivity contribution in [2.24, 2.45) is 17.6 Å². The van der Waals surface area contributed by atoms with Gasteiger partial charge >= 0.3 is 0 Å². The van der Waals surface area contributed by atoms with E-state index in [0.717, 1.165) is 31.1 Å². The summed E-state index contributed by atoms with van der Waals surface area (Å²) in [5.74, 6) is 1.63. The molecular weight excluding hydrogens is 396 g/mol. The number of nitrogens with two attached hydrogens (primary N) is 1. The maximum Gasteiger partial charge on any atom is 0.255 e. The molecule has 5 atom stereocenters. The van der Waals surface area contributed by atoms with E-state index in [9.17, 15) is 4.79 Å². The van der Waals surface area contributed by atoms with Gasteiger partial charge in [-0.2, -0.15) is 0 Å². The second-order valence-electron chi connectivity index (χ2n) is 8.89. The minimum atomic E-state index is -0.137. The molecule has 2 fully saturated rings. The average molecular weight is 423 g/mol. The maximum absolute atomic E-state index is 12.0. The van der Waals surface area contributed by atoms with Crippen LogP contribution in [0, 0.1) is 11.8 Å². The van der Waals surface area contributed by atoms with Crippen LogP contribution in [0.3, 0.4) is 0 Å². The van der Waals surface area contributed by atoms with Crippen LogP contribution in [-0.2, 0) is 5.41 Å². The van der Waals surface area contributed by atoms with Gasteiger partial charge in [-0.1, -0.05) is 48.9 Å². The average Bonchev–Trinajstić information content (AvgIpc) is 3.34. The van der Waals surface area contributed by atoms with Crippen molar-refractivity contribution >= 4 is 22.4 Å². The first-order valence-electron chi connectivity index (χ1n) is 10.8. The van der Waals surface area contributed by atoms with Gasteiger partial charge in [0.05, 0.1) is 5.02 Å². The molecule has 1 heterocycles. The number of pyridine rings is 1. The van der Waals surface area contributed by atoms with Gasteiger partial charge in [0.1, 0.15) is 11.9 Å². The first-order valence-corrected chi connectivity index (χ1v) is 11.2. The topological polar surface area (TPSA) is 68.1 Å². The Bertz CT molecular complexity index is 1130. The fourth-order valence-electron chi connectivity index (χ4n) is 6.04. The summed E-state index contributed by atoms with van der Waals surface area (Å²) in [5, 5.41) is 1.91. The number of fused-ring (bicyclic) bond motifs is 3. The first-order chi connectivity index (χ1) is 14.5. The summed E-state index contributed by atoms with van der Waals surface area (Å²) in [6.45, 7) is 2.19. The third-order valence-electron chi connectivity index (χ3n) is 7.48. The molecule has 3 N–H and O–H groups in total. The molecule has 2 aliphatic carbocycles. The van der Waals surface area contributed by atoms with Gasteiger partial charge in [0, 0.05) is 23.0 Å². The summed E-state index contributed by atoms with van der Waals surface area (Å²) in [4.78, 5) is 14.7. The van der Waals surface area contributed by atoms with Gasteiger partial charge in [-0.25, -0.2) is 0 Å². The van der Waals surface area contributed by atoms with Crippen molar-refractivity contribution in [2.45, 2.75) is 50.2 Å². The number of aromatic nitrogens is 1. The summed E-state index contributed by atoms with van der Waals surface area (Å²) in [7, 11) is 0. The molecule has 0 amide bonds. The number of rotatable bonds is 5. The Kier molecular flexibility index (Phi) is 4.87. The molecular formula is C25H27ClN2O2. The molecule has 2 bridgehead atoms. The van der Waals surface area contributed by atoms with E-state index in [-0.39, 0.29) is 23.1 Å². The van der Waals surface area contributed by atoms with E-state index in [4.69, 9.17) is 22.1 Å². The smallest absolute Gasteiger partial charge is 0.255 e. The fourth-order valence-corrected chi connectivity index (χ4v) is 6.25. The van der Waals surface area contributed by atoms with Crippen LogP contribution in [0.4, 0.5) is 0 Å². The van der Waals surface area contributed by atoms with E-state index in [2.05, 4.69) is 42.2 Å². The predicted octanol–water partition coefficient (Wildman–Crippen LogP) is 5.03. The van der Waals surface area contributed by atoms with Gasteiger partial charge in [-0.15, -0.1) is 0 Å². The number of benzene rings is 2. The number of halogens is 1. The molecule has 156 valence electrons. The number of H-pyrrole nitrogens is 1. The molecule has 2 unspecified atom stereocenters. The monoisotopic (exact) mass is 422 g/mol. The highest BCUT2D eigenvalue weighted by atomic mass is 35.5. The Morgan fingerprint density at radius 1 is 1.23 bits per heavy atom. The zero-order chi connectivity index (χ0) is 20.9. The number of aromatic amines is 1. The van der Waals surface area contributed by atoms with E-state index in [1.54, 1.807) is 12.3 Å². The zero-order valence-electron chi connectivity index (χ0n) is 17.1. The van der Waals surface area contributed by atoms with Crippen LogP contribution in [0.1, 0.15) is 38.2 Å². The zero-order valence-corrected chi connectivity index (χ0v) is 17.9. The highest BCUT2D eigenvalue weighted by Crippen LogP contribution is 2.59. The third-order valence-corrected chi connectivity index (χ3v) is 7.77. The quantitative estimate of drug-likeness (QED) is 0.605. The Hall–Kier alpha value is -2.30. The van der Waals surface area contributed by atoms with Crippen molar-refractivity contribution in [1.29, 1.82) is 0 Å². The number of hydrogen-bond donors (Lipinski definition) is 2. The minimum Gasteiger partial charge on any atom is -0.489 e. The summed E-state index contributed by atoms with van der Waals surface area (Å²) in [5.41, 5.74) is 8.00. The summed E-state index contributed by atoms with van der Waals surface area (Å²) >= 11 is 6.48. The fraction of sp³-hybridized carbons (Fsp3) is 0.400. The molecule has 0 spiro atoms. The lowest BCUT2D eigenvalue weighted by Crippen LogP contribution is -2.51. The van der Waals surface area contributed by atoms with E-state index in [0.29, 0.717) is 28.0 Å². The van der Waals surface area contributed by atoms with Crippen molar-refractivity contribution < 1.29 is 4.74 Å². The molecule has 2 aromatic carbocycles. The van der Waals surface area contributed by atoms with Crippen LogP contribution >= 0.6 is 11.6 Å². The standard InChI is InChI=1S/C25H27ClN2O2/c1-2-23(27)25(17-6-4-3-5-7-17)14-16-10-18(25)12-21(16)30-22-11-15-8-9-28-24(29)19(15)13-20(22)26/h3-9,11,13,16,18,21,23H,2,10,12,14,27H2,1H3,(H,28,29)/t16-,18+,21?,23?,25+/m1/s1. The van der Waals surface area contributed by atoms with Gasteiger partial charge in [0.2, 0.25) is 0 Å². The van der Waals surface area contributed by atoms with Crippen LogP contribution in [0.15, 0.2) is 59.5 Å². The summed E-state index contributed by atoms with van der Waals surface area (Å²) in [6.07, 6.45) is 5.92. The molecule has 30 heavy (non-hydrogen) atoms. The lowest BCUT2D eigenvalue weighted by Gasteiger charge is -2.44. The third kappa shape index (κ3) is 2.97.